The quantitative estimate of drug-likeness (QED) is 0.716. The first-order chi connectivity index (χ1) is 15.6. The number of rotatable bonds is 7. The molecule has 2 aromatic rings. The first kappa shape index (κ1) is 22.4. The summed E-state index contributed by atoms with van der Waals surface area (Å²) < 4.78 is 5.23. The monoisotopic (exact) mass is 438 g/mol. The summed E-state index contributed by atoms with van der Waals surface area (Å²) in [6, 6.07) is 15.6. The molecule has 2 saturated heterocycles. The maximum absolute atomic E-state index is 12.7. The molecule has 2 heterocycles. The van der Waals surface area contributed by atoms with Gasteiger partial charge < -0.3 is 24.5 Å². The summed E-state index contributed by atoms with van der Waals surface area (Å²) in [5.41, 5.74) is 2.32. The van der Waals surface area contributed by atoms with Crippen LogP contribution in [0.5, 0.6) is 11.5 Å². The van der Waals surface area contributed by atoms with Crippen LogP contribution in [-0.2, 0) is 11.3 Å². The molecule has 4 rings (SSSR count). The zero-order valence-corrected chi connectivity index (χ0v) is 18.9. The van der Waals surface area contributed by atoms with E-state index in [2.05, 4.69) is 32.9 Å². The molecule has 0 aliphatic carbocycles. The average molecular weight is 439 g/mol. The van der Waals surface area contributed by atoms with E-state index in [1.165, 1.54) is 5.69 Å². The predicted octanol–water partition coefficient (Wildman–Crippen LogP) is 2.26. The van der Waals surface area contributed by atoms with Gasteiger partial charge in [0, 0.05) is 77.6 Å². The lowest BCUT2D eigenvalue weighted by atomic mass is 10.2. The van der Waals surface area contributed by atoms with Crippen molar-refractivity contribution >= 4 is 11.6 Å². The number of nitrogens with zero attached hydrogens (tertiary/aromatic N) is 4. The van der Waals surface area contributed by atoms with Gasteiger partial charge in [-0.2, -0.15) is 0 Å². The zero-order valence-electron chi connectivity index (χ0n) is 18.9. The third-order valence-electron chi connectivity index (χ3n) is 6.49. The van der Waals surface area contributed by atoms with E-state index in [4.69, 9.17) is 4.74 Å². The van der Waals surface area contributed by atoms with E-state index in [0.29, 0.717) is 12.2 Å². The molecule has 0 aromatic heterocycles. The fourth-order valence-corrected chi connectivity index (χ4v) is 4.50. The Balaban J connectivity index is 1.15. The highest BCUT2D eigenvalue weighted by atomic mass is 16.5. The van der Waals surface area contributed by atoms with Crippen LogP contribution in [-0.4, -0.2) is 91.7 Å². The number of aromatic hydroxyl groups is 1. The van der Waals surface area contributed by atoms with Crippen molar-refractivity contribution in [2.45, 2.75) is 13.0 Å². The Morgan fingerprint density at radius 2 is 1.59 bits per heavy atom. The van der Waals surface area contributed by atoms with E-state index in [1.807, 2.05) is 29.2 Å². The van der Waals surface area contributed by atoms with Crippen LogP contribution in [0.2, 0.25) is 0 Å². The molecule has 0 unspecified atom stereocenters. The summed E-state index contributed by atoms with van der Waals surface area (Å²) in [5.74, 6) is 1.45. The minimum absolute atomic E-state index is 0.265. The summed E-state index contributed by atoms with van der Waals surface area (Å²) in [4.78, 5) is 21.9. The van der Waals surface area contributed by atoms with Crippen molar-refractivity contribution in [2.75, 3.05) is 70.9 Å². The third kappa shape index (κ3) is 5.93. The summed E-state index contributed by atoms with van der Waals surface area (Å²) >= 11 is 0. The van der Waals surface area contributed by atoms with Crippen molar-refractivity contribution in [3.05, 3.63) is 54.1 Å². The molecule has 172 valence electrons. The number of carbonyl (C=O) groups excluding carboxylic acids is 1. The lowest BCUT2D eigenvalue weighted by Crippen LogP contribution is -2.50. The number of anilines is 1. The lowest BCUT2D eigenvalue weighted by Gasteiger charge is -2.37. The fourth-order valence-electron chi connectivity index (χ4n) is 4.50. The number of carbonyl (C=O) groups is 1. The van der Waals surface area contributed by atoms with Crippen LogP contribution < -0.4 is 9.64 Å². The van der Waals surface area contributed by atoms with Gasteiger partial charge in [-0.1, -0.05) is 12.1 Å². The highest BCUT2D eigenvalue weighted by Gasteiger charge is 2.23. The highest BCUT2D eigenvalue weighted by Crippen LogP contribution is 2.21. The average Bonchev–Trinajstić information content (AvgIpc) is 2.84. The van der Waals surface area contributed by atoms with E-state index in [9.17, 15) is 9.90 Å². The minimum Gasteiger partial charge on any atom is -0.508 e. The van der Waals surface area contributed by atoms with Gasteiger partial charge >= 0.3 is 0 Å². The van der Waals surface area contributed by atoms with Gasteiger partial charge in [0.15, 0.2) is 0 Å². The van der Waals surface area contributed by atoms with Crippen LogP contribution in [0.3, 0.4) is 0 Å². The van der Waals surface area contributed by atoms with Crippen LogP contribution in [0.4, 0.5) is 5.69 Å². The molecule has 0 spiro atoms. The van der Waals surface area contributed by atoms with Gasteiger partial charge in [-0.25, -0.2) is 0 Å². The van der Waals surface area contributed by atoms with Gasteiger partial charge in [0.25, 0.3) is 0 Å². The van der Waals surface area contributed by atoms with E-state index < -0.39 is 0 Å². The topological polar surface area (TPSA) is 59.5 Å². The number of ether oxygens (including phenoxy) is 1. The first-order valence-electron chi connectivity index (χ1n) is 11.5. The Morgan fingerprint density at radius 1 is 0.906 bits per heavy atom. The van der Waals surface area contributed by atoms with E-state index in [0.717, 1.165) is 76.8 Å². The second kappa shape index (κ2) is 10.7. The Hall–Kier alpha value is -2.77. The van der Waals surface area contributed by atoms with Crippen LogP contribution in [0.25, 0.3) is 0 Å². The molecule has 0 bridgehead atoms. The number of phenolic OH excluding ortho intramolecular Hbond substituents is 1. The number of benzene rings is 2. The highest BCUT2D eigenvalue weighted by molar-refractivity contribution is 5.76. The molecule has 2 aliphatic heterocycles. The molecule has 1 N–H and O–H groups in total. The van der Waals surface area contributed by atoms with Crippen LogP contribution >= 0.6 is 0 Å². The van der Waals surface area contributed by atoms with E-state index in [-0.39, 0.29) is 5.91 Å². The number of methoxy groups -OCH3 is 1. The normalized spacial score (nSPS) is 18.0. The molecule has 7 heteroatoms. The van der Waals surface area contributed by atoms with Crippen molar-refractivity contribution in [1.82, 2.24) is 14.7 Å². The summed E-state index contributed by atoms with van der Waals surface area (Å²) in [7, 11) is 1.68. The number of hydrogen-bond donors (Lipinski definition) is 1. The predicted molar refractivity (Wildman–Crippen MR) is 126 cm³/mol. The SMILES string of the molecule is COc1ccc(N2CCN(C(=O)CCN3CCN(Cc4cccc(O)c4)CC3)CC2)cc1. The maximum Gasteiger partial charge on any atom is 0.223 e. The van der Waals surface area contributed by atoms with Gasteiger partial charge in [-0.15, -0.1) is 0 Å². The van der Waals surface area contributed by atoms with Crippen LogP contribution in [0, 0.1) is 0 Å². The fraction of sp³-hybridized carbons (Fsp3) is 0.480. The lowest BCUT2D eigenvalue weighted by molar-refractivity contribution is -0.131. The van der Waals surface area contributed by atoms with Crippen LogP contribution in [0.1, 0.15) is 12.0 Å². The molecule has 2 fully saturated rings. The Labute approximate surface area is 190 Å². The molecule has 2 aliphatic rings. The van der Waals surface area contributed by atoms with Crippen molar-refractivity contribution in [3.63, 3.8) is 0 Å². The van der Waals surface area contributed by atoms with Crippen molar-refractivity contribution in [2.24, 2.45) is 0 Å². The van der Waals surface area contributed by atoms with Crippen molar-refractivity contribution < 1.29 is 14.6 Å². The van der Waals surface area contributed by atoms with Gasteiger partial charge in [0.1, 0.15) is 11.5 Å². The maximum atomic E-state index is 12.7. The summed E-state index contributed by atoms with van der Waals surface area (Å²) in [6.07, 6.45) is 0.592. The van der Waals surface area contributed by atoms with E-state index >= 15 is 0 Å². The number of piperazine rings is 2. The Bertz CT molecular complexity index is 873. The summed E-state index contributed by atoms with van der Waals surface area (Å²) in [6.45, 7) is 8.93. The van der Waals surface area contributed by atoms with Crippen molar-refractivity contribution in [3.8, 4) is 11.5 Å². The van der Waals surface area contributed by atoms with Gasteiger partial charge in [0.2, 0.25) is 5.91 Å². The molecule has 0 radical (unpaired) electrons. The number of hydrogen-bond acceptors (Lipinski definition) is 6. The molecule has 1 amide bonds. The second-order valence-corrected chi connectivity index (χ2v) is 8.60. The molecule has 32 heavy (non-hydrogen) atoms. The molecule has 2 aromatic carbocycles. The van der Waals surface area contributed by atoms with Gasteiger partial charge in [-0.3, -0.25) is 9.69 Å². The second-order valence-electron chi connectivity index (χ2n) is 8.60. The van der Waals surface area contributed by atoms with Gasteiger partial charge in [0.05, 0.1) is 7.11 Å². The molecule has 7 nitrogen and oxygen atoms in total. The van der Waals surface area contributed by atoms with E-state index in [1.54, 1.807) is 13.2 Å². The Kier molecular flexibility index (Phi) is 7.50. The smallest absolute Gasteiger partial charge is 0.223 e. The minimum atomic E-state index is 0.265. The first-order valence-corrected chi connectivity index (χ1v) is 11.5. The van der Waals surface area contributed by atoms with Crippen LogP contribution in [0.15, 0.2) is 48.5 Å². The summed E-state index contributed by atoms with van der Waals surface area (Å²) in [5, 5.41) is 9.64. The zero-order chi connectivity index (χ0) is 22.3. The molecular weight excluding hydrogens is 404 g/mol. The number of amides is 1. The molecule has 0 saturated carbocycles. The largest absolute Gasteiger partial charge is 0.508 e. The standard InChI is InChI=1S/C25H34N4O3/c1-32-24-7-5-22(6-8-24)28-15-17-29(18-16-28)25(31)9-10-26-11-13-27(14-12-26)20-21-3-2-4-23(30)19-21/h2-8,19,30H,9-18,20H2,1H3. The number of phenols is 1. The Morgan fingerprint density at radius 3 is 2.25 bits per heavy atom. The van der Waals surface area contributed by atoms with Gasteiger partial charge in [-0.05, 0) is 42.0 Å². The van der Waals surface area contributed by atoms with Crippen molar-refractivity contribution in [1.29, 1.82) is 0 Å². The molecular formula is C25H34N4O3. The third-order valence-corrected chi connectivity index (χ3v) is 6.49. The molecule has 0 atom stereocenters.